The highest BCUT2D eigenvalue weighted by Gasteiger charge is 2.06. The van der Waals surface area contributed by atoms with Crippen LogP contribution in [0.15, 0.2) is 30.5 Å². The zero-order valence-corrected chi connectivity index (χ0v) is 11.3. The Morgan fingerprint density at radius 1 is 1.50 bits per heavy atom. The van der Waals surface area contributed by atoms with Crippen LogP contribution in [0.5, 0.6) is 5.75 Å². The first-order valence-electron chi connectivity index (χ1n) is 5.27. The molecule has 0 aliphatic rings. The van der Waals surface area contributed by atoms with Crippen molar-refractivity contribution in [3.05, 3.63) is 46.7 Å². The molecule has 2 N–H and O–H groups in total. The molecule has 1 aromatic heterocycles. The van der Waals surface area contributed by atoms with Crippen molar-refractivity contribution >= 4 is 28.8 Å². The van der Waals surface area contributed by atoms with Gasteiger partial charge >= 0.3 is 0 Å². The summed E-state index contributed by atoms with van der Waals surface area (Å²) in [6.45, 7) is 0.368. The fraction of sp³-hybridized carbons (Fsp3) is 0.167. The molecule has 18 heavy (non-hydrogen) atoms. The zero-order chi connectivity index (χ0) is 13.1. The van der Waals surface area contributed by atoms with Crippen LogP contribution in [0.2, 0.25) is 5.02 Å². The summed E-state index contributed by atoms with van der Waals surface area (Å²) in [5.41, 5.74) is 7.08. The summed E-state index contributed by atoms with van der Waals surface area (Å²) >= 11 is 11.0. The minimum atomic E-state index is 0.313. The molecule has 0 saturated heterocycles. The number of hydrogen-bond acceptors (Lipinski definition) is 3. The van der Waals surface area contributed by atoms with E-state index in [1.165, 1.54) is 0 Å². The van der Waals surface area contributed by atoms with Crippen molar-refractivity contribution in [2.75, 3.05) is 0 Å². The third-order valence-corrected chi connectivity index (χ3v) is 2.89. The summed E-state index contributed by atoms with van der Waals surface area (Å²) < 4.78 is 7.30. The monoisotopic (exact) mass is 281 g/mol. The van der Waals surface area contributed by atoms with E-state index in [2.05, 4.69) is 5.10 Å². The third-order valence-electron chi connectivity index (χ3n) is 2.36. The standard InChI is InChI=1S/C12H12ClN3OS/c1-16-5-4-9(15-16)7-17-11-3-2-8(12(14)18)6-10(11)13/h2-6H,7H2,1H3,(H2,14,18). The molecule has 6 heteroatoms. The molecule has 1 aromatic carbocycles. The molecular formula is C12H12ClN3OS. The van der Waals surface area contributed by atoms with Gasteiger partial charge in [-0.25, -0.2) is 0 Å². The molecule has 0 aliphatic heterocycles. The first-order chi connectivity index (χ1) is 8.56. The smallest absolute Gasteiger partial charge is 0.138 e. The van der Waals surface area contributed by atoms with Crippen molar-refractivity contribution in [1.82, 2.24) is 9.78 Å². The number of thiocarbonyl (C=S) groups is 1. The second kappa shape index (κ2) is 5.37. The Hall–Kier alpha value is -1.59. The van der Waals surface area contributed by atoms with Gasteiger partial charge in [-0.2, -0.15) is 5.10 Å². The molecule has 4 nitrogen and oxygen atoms in total. The lowest BCUT2D eigenvalue weighted by Crippen LogP contribution is -2.09. The Labute approximate surface area is 115 Å². The van der Waals surface area contributed by atoms with E-state index in [0.717, 1.165) is 11.3 Å². The van der Waals surface area contributed by atoms with Gasteiger partial charge in [0.25, 0.3) is 0 Å². The van der Waals surface area contributed by atoms with Crippen LogP contribution < -0.4 is 10.5 Å². The number of rotatable bonds is 4. The van der Waals surface area contributed by atoms with Gasteiger partial charge in [0.1, 0.15) is 17.3 Å². The number of aromatic nitrogens is 2. The molecule has 0 atom stereocenters. The summed E-state index contributed by atoms with van der Waals surface area (Å²) in [4.78, 5) is 0.313. The number of benzene rings is 1. The maximum Gasteiger partial charge on any atom is 0.138 e. The Kier molecular flexibility index (Phi) is 3.84. The van der Waals surface area contributed by atoms with Crippen molar-refractivity contribution in [3.8, 4) is 5.75 Å². The minimum Gasteiger partial charge on any atom is -0.486 e. The molecule has 0 amide bonds. The first-order valence-corrected chi connectivity index (χ1v) is 6.05. The molecular weight excluding hydrogens is 270 g/mol. The van der Waals surface area contributed by atoms with E-state index in [9.17, 15) is 0 Å². The Morgan fingerprint density at radius 2 is 2.28 bits per heavy atom. The number of aryl methyl sites for hydroxylation is 1. The van der Waals surface area contributed by atoms with Crippen LogP contribution in [0, 0.1) is 0 Å². The van der Waals surface area contributed by atoms with E-state index in [-0.39, 0.29) is 0 Å². The molecule has 0 radical (unpaired) electrons. The topological polar surface area (TPSA) is 53.1 Å². The van der Waals surface area contributed by atoms with Gasteiger partial charge in [-0.15, -0.1) is 0 Å². The molecule has 0 spiro atoms. The summed E-state index contributed by atoms with van der Waals surface area (Å²) in [5, 5.41) is 4.69. The quantitative estimate of drug-likeness (QED) is 0.874. The van der Waals surface area contributed by atoms with Crippen LogP contribution in [0.25, 0.3) is 0 Å². The van der Waals surface area contributed by atoms with Crippen LogP contribution in [0.3, 0.4) is 0 Å². The molecule has 0 aliphatic carbocycles. The van der Waals surface area contributed by atoms with Crippen molar-refractivity contribution < 1.29 is 4.74 Å². The first kappa shape index (κ1) is 12.9. The molecule has 0 bridgehead atoms. The van der Waals surface area contributed by atoms with Gasteiger partial charge in [0.15, 0.2) is 0 Å². The van der Waals surface area contributed by atoms with E-state index in [4.69, 9.17) is 34.3 Å². The third kappa shape index (κ3) is 3.00. The Morgan fingerprint density at radius 3 is 2.83 bits per heavy atom. The van der Waals surface area contributed by atoms with Gasteiger partial charge in [0.2, 0.25) is 0 Å². The van der Waals surface area contributed by atoms with E-state index in [1.54, 1.807) is 22.9 Å². The highest BCUT2D eigenvalue weighted by molar-refractivity contribution is 7.80. The average molecular weight is 282 g/mol. The normalized spacial score (nSPS) is 10.3. The molecule has 2 rings (SSSR count). The maximum atomic E-state index is 6.08. The Balaban J connectivity index is 2.08. The van der Waals surface area contributed by atoms with E-state index in [0.29, 0.717) is 22.4 Å². The number of halogens is 1. The van der Waals surface area contributed by atoms with Crippen LogP contribution in [-0.4, -0.2) is 14.8 Å². The predicted molar refractivity (Wildman–Crippen MR) is 74.9 cm³/mol. The molecule has 1 heterocycles. The molecule has 2 aromatic rings. The second-order valence-electron chi connectivity index (χ2n) is 3.78. The van der Waals surface area contributed by atoms with Crippen LogP contribution in [0.1, 0.15) is 11.3 Å². The molecule has 94 valence electrons. The lowest BCUT2D eigenvalue weighted by atomic mass is 10.2. The summed E-state index contributed by atoms with van der Waals surface area (Å²) in [6.07, 6.45) is 1.86. The van der Waals surface area contributed by atoms with Crippen molar-refractivity contribution in [2.24, 2.45) is 12.8 Å². The number of nitrogens with two attached hydrogens (primary N) is 1. The Bertz CT molecular complexity index is 582. The highest BCUT2D eigenvalue weighted by atomic mass is 35.5. The lowest BCUT2D eigenvalue weighted by molar-refractivity contribution is 0.300. The van der Waals surface area contributed by atoms with E-state index in [1.807, 2.05) is 19.3 Å². The SMILES string of the molecule is Cn1ccc(COc2ccc(C(N)=S)cc2Cl)n1. The van der Waals surface area contributed by atoms with E-state index >= 15 is 0 Å². The van der Waals surface area contributed by atoms with Crippen molar-refractivity contribution in [2.45, 2.75) is 6.61 Å². The van der Waals surface area contributed by atoms with Gasteiger partial charge in [0, 0.05) is 18.8 Å². The van der Waals surface area contributed by atoms with Crippen molar-refractivity contribution in [3.63, 3.8) is 0 Å². The zero-order valence-electron chi connectivity index (χ0n) is 9.76. The molecule has 0 saturated carbocycles. The maximum absolute atomic E-state index is 6.08. The van der Waals surface area contributed by atoms with Gasteiger partial charge in [-0.05, 0) is 24.3 Å². The number of hydrogen-bond donors (Lipinski definition) is 1. The van der Waals surface area contributed by atoms with Gasteiger partial charge in [-0.3, -0.25) is 4.68 Å². The highest BCUT2D eigenvalue weighted by Crippen LogP contribution is 2.26. The fourth-order valence-corrected chi connectivity index (χ4v) is 1.83. The van der Waals surface area contributed by atoms with Crippen LogP contribution in [0.4, 0.5) is 0 Å². The predicted octanol–water partition coefficient (Wildman–Crippen LogP) is 2.29. The fourth-order valence-electron chi connectivity index (χ4n) is 1.46. The second-order valence-corrected chi connectivity index (χ2v) is 4.63. The van der Waals surface area contributed by atoms with E-state index < -0.39 is 0 Å². The molecule has 0 fully saturated rings. The summed E-state index contributed by atoms with van der Waals surface area (Å²) in [6, 6.07) is 7.11. The molecule has 0 unspecified atom stereocenters. The largest absolute Gasteiger partial charge is 0.486 e. The minimum absolute atomic E-state index is 0.313. The van der Waals surface area contributed by atoms with Crippen LogP contribution >= 0.6 is 23.8 Å². The van der Waals surface area contributed by atoms with Crippen molar-refractivity contribution in [1.29, 1.82) is 0 Å². The van der Waals surface area contributed by atoms with Gasteiger partial charge < -0.3 is 10.5 Å². The summed E-state index contributed by atoms with van der Waals surface area (Å²) in [7, 11) is 1.85. The lowest BCUT2D eigenvalue weighted by Gasteiger charge is -2.07. The average Bonchev–Trinajstić information content (AvgIpc) is 2.73. The number of ether oxygens (including phenoxy) is 1. The van der Waals surface area contributed by atoms with Gasteiger partial charge in [-0.1, -0.05) is 23.8 Å². The number of nitrogens with zero attached hydrogens (tertiary/aromatic N) is 2. The summed E-state index contributed by atoms with van der Waals surface area (Å²) in [5.74, 6) is 0.585. The van der Waals surface area contributed by atoms with Gasteiger partial charge in [0.05, 0.1) is 10.7 Å². The van der Waals surface area contributed by atoms with Crippen LogP contribution in [-0.2, 0) is 13.7 Å².